The average molecular weight is 242 g/mol. The lowest BCUT2D eigenvalue weighted by molar-refractivity contribution is 0.192. The van der Waals surface area contributed by atoms with Crippen molar-refractivity contribution in [2.45, 2.75) is 25.3 Å². The standard InChI is InChI=1S/C8H16ClNO3S/c9-4-1-2-6-14(11,12)10-8-3-5-13-7-8/h8,10H,1-7H2. The number of nitrogens with one attached hydrogen (secondary N) is 1. The summed E-state index contributed by atoms with van der Waals surface area (Å²) < 4.78 is 30.6. The maximum Gasteiger partial charge on any atom is 0.211 e. The minimum absolute atomic E-state index is 0.0315. The van der Waals surface area contributed by atoms with Gasteiger partial charge in [0.2, 0.25) is 10.0 Å². The van der Waals surface area contributed by atoms with E-state index in [9.17, 15) is 8.42 Å². The molecule has 1 saturated heterocycles. The highest BCUT2D eigenvalue weighted by Gasteiger charge is 2.21. The fourth-order valence-corrected chi connectivity index (χ4v) is 2.91. The second kappa shape index (κ2) is 5.90. The molecule has 0 aromatic rings. The van der Waals surface area contributed by atoms with Gasteiger partial charge in [0.1, 0.15) is 0 Å². The van der Waals surface area contributed by atoms with Crippen molar-refractivity contribution < 1.29 is 13.2 Å². The molecule has 0 radical (unpaired) electrons. The Morgan fingerprint density at radius 3 is 2.79 bits per heavy atom. The van der Waals surface area contributed by atoms with Crippen molar-refractivity contribution >= 4 is 21.6 Å². The van der Waals surface area contributed by atoms with Gasteiger partial charge >= 0.3 is 0 Å². The monoisotopic (exact) mass is 241 g/mol. The van der Waals surface area contributed by atoms with Crippen molar-refractivity contribution in [2.75, 3.05) is 24.8 Å². The summed E-state index contributed by atoms with van der Waals surface area (Å²) in [7, 11) is -3.13. The van der Waals surface area contributed by atoms with E-state index in [-0.39, 0.29) is 11.8 Å². The van der Waals surface area contributed by atoms with Crippen LogP contribution in [0.2, 0.25) is 0 Å². The van der Waals surface area contributed by atoms with Crippen LogP contribution in [0.15, 0.2) is 0 Å². The van der Waals surface area contributed by atoms with Crippen molar-refractivity contribution in [1.82, 2.24) is 4.72 Å². The molecule has 0 bridgehead atoms. The van der Waals surface area contributed by atoms with Gasteiger partial charge in [-0.2, -0.15) is 0 Å². The second-order valence-corrected chi connectivity index (χ2v) is 5.64. The number of ether oxygens (including phenoxy) is 1. The molecule has 1 heterocycles. The number of hydrogen-bond acceptors (Lipinski definition) is 3. The first-order chi connectivity index (χ1) is 6.64. The maximum absolute atomic E-state index is 11.5. The van der Waals surface area contributed by atoms with Gasteiger partial charge in [-0.25, -0.2) is 13.1 Å². The summed E-state index contributed by atoms with van der Waals surface area (Å²) in [6, 6.07) is -0.0315. The molecule has 0 aromatic carbocycles. The fourth-order valence-electron chi connectivity index (χ4n) is 1.33. The van der Waals surface area contributed by atoms with E-state index < -0.39 is 10.0 Å². The lowest BCUT2D eigenvalue weighted by Crippen LogP contribution is -2.36. The zero-order chi connectivity index (χ0) is 10.4. The molecule has 0 aliphatic carbocycles. The van der Waals surface area contributed by atoms with E-state index >= 15 is 0 Å². The SMILES string of the molecule is O=S(=O)(CCCCCl)NC1CCOC1. The third-order valence-corrected chi connectivity index (χ3v) is 3.86. The van der Waals surface area contributed by atoms with Crippen LogP contribution in [-0.4, -0.2) is 39.3 Å². The Bertz CT molecular complexity index is 249. The fraction of sp³-hybridized carbons (Fsp3) is 1.00. The van der Waals surface area contributed by atoms with E-state index in [1.165, 1.54) is 0 Å². The molecular formula is C8H16ClNO3S. The van der Waals surface area contributed by atoms with Crippen LogP contribution in [0.3, 0.4) is 0 Å². The molecule has 0 saturated carbocycles. The van der Waals surface area contributed by atoms with Crippen LogP contribution >= 0.6 is 11.6 Å². The van der Waals surface area contributed by atoms with Crippen LogP contribution in [0, 0.1) is 0 Å². The normalized spacial score (nSPS) is 22.8. The number of sulfonamides is 1. The van der Waals surface area contributed by atoms with Crippen molar-refractivity contribution in [3.63, 3.8) is 0 Å². The highest BCUT2D eigenvalue weighted by Crippen LogP contribution is 2.06. The maximum atomic E-state index is 11.5. The molecule has 1 unspecified atom stereocenters. The Balaban J connectivity index is 2.26. The van der Waals surface area contributed by atoms with Crippen LogP contribution < -0.4 is 4.72 Å². The molecule has 1 N–H and O–H groups in total. The first kappa shape index (κ1) is 12.2. The summed E-state index contributed by atoms with van der Waals surface area (Å²) >= 11 is 5.47. The van der Waals surface area contributed by atoms with E-state index in [0.29, 0.717) is 25.5 Å². The smallest absolute Gasteiger partial charge is 0.211 e. The number of rotatable bonds is 6. The first-order valence-corrected chi connectivity index (χ1v) is 6.96. The van der Waals surface area contributed by atoms with Gasteiger partial charge in [-0.05, 0) is 19.3 Å². The van der Waals surface area contributed by atoms with Gasteiger partial charge in [0.05, 0.1) is 12.4 Å². The summed E-state index contributed by atoms with van der Waals surface area (Å²) in [6.07, 6.45) is 2.13. The van der Waals surface area contributed by atoms with Crippen molar-refractivity contribution in [3.8, 4) is 0 Å². The average Bonchev–Trinajstić information content (AvgIpc) is 2.56. The van der Waals surface area contributed by atoms with E-state index in [2.05, 4.69) is 4.72 Å². The molecule has 0 amide bonds. The number of halogens is 1. The molecule has 14 heavy (non-hydrogen) atoms. The predicted molar refractivity (Wildman–Crippen MR) is 56.1 cm³/mol. The zero-order valence-corrected chi connectivity index (χ0v) is 9.61. The van der Waals surface area contributed by atoms with Crippen LogP contribution in [-0.2, 0) is 14.8 Å². The Hall–Kier alpha value is 0.160. The van der Waals surface area contributed by atoms with Crippen molar-refractivity contribution in [1.29, 1.82) is 0 Å². The highest BCUT2D eigenvalue weighted by molar-refractivity contribution is 7.89. The Labute approximate surface area is 90.0 Å². The summed E-state index contributed by atoms with van der Waals surface area (Å²) in [5, 5.41) is 0. The van der Waals surface area contributed by atoms with Gasteiger partial charge in [0.25, 0.3) is 0 Å². The minimum atomic E-state index is -3.13. The Morgan fingerprint density at radius 1 is 1.43 bits per heavy atom. The van der Waals surface area contributed by atoms with Gasteiger partial charge in [-0.3, -0.25) is 0 Å². The largest absolute Gasteiger partial charge is 0.380 e. The quantitative estimate of drug-likeness (QED) is 0.551. The minimum Gasteiger partial charge on any atom is -0.380 e. The summed E-state index contributed by atoms with van der Waals surface area (Å²) in [6.45, 7) is 1.14. The van der Waals surface area contributed by atoms with Crippen LogP contribution in [0.4, 0.5) is 0 Å². The molecule has 0 spiro atoms. The van der Waals surface area contributed by atoms with E-state index in [0.717, 1.165) is 12.8 Å². The molecular weight excluding hydrogens is 226 g/mol. The lowest BCUT2D eigenvalue weighted by atomic mass is 10.3. The van der Waals surface area contributed by atoms with Gasteiger partial charge in [0, 0.05) is 18.5 Å². The predicted octanol–water partition coefficient (Wildman–Crippen LogP) is 0.714. The topological polar surface area (TPSA) is 55.4 Å². The summed E-state index contributed by atoms with van der Waals surface area (Å²) in [4.78, 5) is 0. The van der Waals surface area contributed by atoms with E-state index in [1.807, 2.05) is 0 Å². The van der Waals surface area contributed by atoms with E-state index in [4.69, 9.17) is 16.3 Å². The third-order valence-electron chi connectivity index (χ3n) is 2.07. The van der Waals surface area contributed by atoms with E-state index in [1.54, 1.807) is 0 Å². The van der Waals surface area contributed by atoms with Gasteiger partial charge in [-0.15, -0.1) is 11.6 Å². The molecule has 4 nitrogen and oxygen atoms in total. The summed E-state index contributed by atoms with van der Waals surface area (Å²) in [5.41, 5.74) is 0. The second-order valence-electron chi connectivity index (χ2n) is 3.39. The number of alkyl halides is 1. The van der Waals surface area contributed by atoms with Crippen molar-refractivity contribution in [3.05, 3.63) is 0 Å². The van der Waals surface area contributed by atoms with Crippen LogP contribution in [0.25, 0.3) is 0 Å². The molecule has 84 valence electrons. The van der Waals surface area contributed by atoms with Gasteiger partial charge in [0.15, 0.2) is 0 Å². The molecule has 1 fully saturated rings. The molecule has 0 aromatic heterocycles. The van der Waals surface area contributed by atoms with Crippen LogP contribution in [0.1, 0.15) is 19.3 Å². The molecule has 1 rings (SSSR count). The Kier molecular flexibility index (Phi) is 5.15. The van der Waals surface area contributed by atoms with Crippen molar-refractivity contribution in [2.24, 2.45) is 0 Å². The molecule has 1 atom stereocenters. The lowest BCUT2D eigenvalue weighted by Gasteiger charge is -2.10. The number of unbranched alkanes of at least 4 members (excludes halogenated alkanes) is 1. The third kappa shape index (κ3) is 4.59. The van der Waals surface area contributed by atoms with Crippen LogP contribution in [0.5, 0.6) is 0 Å². The first-order valence-electron chi connectivity index (χ1n) is 4.78. The van der Waals surface area contributed by atoms with Gasteiger partial charge < -0.3 is 4.74 Å². The number of hydrogen-bond donors (Lipinski definition) is 1. The summed E-state index contributed by atoms with van der Waals surface area (Å²) in [5.74, 6) is 0.679. The zero-order valence-electron chi connectivity index (χ0n) is 8.04. The molecule has 6 heteroatoms. The molecule has 1 aliphatic heterocycles. The highest BCUT2D eigenvalue weighted by atomic mass is 35.5. The Morgan fingerprint density at radius 2 is 2.21 bits per heavy atom. The molecule has 1 aliphatic rings. The van der Waals surface area contributed by atoms with Gasteiger partial charge in [-0.1, -0.05) is 0 Å².